The van der Waals surface area contributed by atoms with Crippen molar-refractivity contribution < 1.29 is 18.3 Å². The number of nitrogens with zero attached hydrogens (tertiary/aromatic N) is 3. The van der Waals surface area contributed by atoms with Crippen molar-refractivity contribution in [3.8, 4) is 5.75 Å². The first-order chi connectivity index (χ1) is 18.2. The Morgan fingerprint density at radius 2 is 1.84 bits per heavy atom. The largest absolute Gasteiger partial charge is 0.508 e. The number of anilines is 1. The van der Waals surface area contributed by atoms with E-state index in [0.29, 0.717) is 67.2 Å². The van der Waals surface area contributed by atoms with Crippen LogP contribution in [0.2, 0.25) is 5.02 Å². The smallest absolute Gasteiger partial charge is 0.260 e. The van der Waals surface area contributed by atoms with Gasteiger partial charge in [0.2, 0.25) is 0 Å². The number of carbonyl (C=O) groups is 1. The minimum absolute atomic E-state index is 0.101. The van der Waals surface area contributed by atoms with E-state index in [9.17, 15) is 18.3 Å². The summed E-state index contributed by atoms with van der Waals surface area (Å²) < 4.78 is 28.8. The standard InChI is InChI=1S/C28H29ClN4O4S/c1-19-16-25(34)22(17-24(19)29)18-32-12-14-33(15-13-32)28(35)21-7-9-23(10-8-21)31-38(36,37)26-6-2-4-20-5-3-11-30-27(20)26/h3-5,7-11,16-17,31,34H,2,6,12-15,18H2,1H3. The number of hydrogen-bond acceptors (Lipinski definition) is 6. The molecule has 1 aromatic heterocycles. The second-order valence-corrected chi connectivity index (χ2v) is 11.7. The Bertz CT molecular complexity index is 1600. The molecule has 0 bridgehead atoms. The van der Waals surface area contributed by atoms with Crippen LogP contribution in [-0.4, -0.2) is 60.4 Å². The average Bonchev–Trinajstić information content (AvgIpc) is 2.91. The summed E-state index contributed by atoms with van der Waals surface area (Å²) in [5, 5.41) is 12.2. The van der Waals surface area contributed by atoms with E-state index in [1.807, 2.05) is 19.1 Å². The van der Waals surface area contributed by atoms with E-state index in [2.05, 4.69) is 14.6 Å². The zero-order chi connectivity index (χ0) is 26.9. The van der Waals surface area contributed by atoms with Crippen LogP contribution < -0.4 is 15.3 Å². The number of hydrogen-bond donors (Lipinski definition) is 2. The van der Waals surface area contributed by atoms with Crippen molar-refractivity contribution in [3.63, 3.8) is 0 Å². The minimum Gasteiger partial charge on any atom is -0.508 e. The molecule has 0 radical (unpaired) electrons. The molecule has 1 aliphatic carbocycles. The van der Waals surface area contributed by atoms with Gasteiger partial charge in [-0.25, -0.2) is 8.42 Å². The Labute approximate surface area is 226 Å². The van der Waals surface area contributed by atoms with Crippen molar-refractivity contribution in [3.05, 3.63) is 87.0 Å². The molecule has 1 saturated heterocycles. The zero-order valence-corrected chi connectivity index (χ0v) is 22.6. The molecule has 2 aliphatic rings. The van der Waals surface area contributed by atoms with Gasteiger partial charge in [0.15, 0.2) is 0 Å². The van der Waals surface area contributed by atoms with Crippen molar-refractivity contribution >= 4 is 44.2 Å². The van der Waals surface area contributed by atoms with Gasteiger partial charge in [0.25, 0.3) is 15.9 Å². The number of pyridine rings is 1. The van der Waals surface area contributed by atoms with Gasteiger partial charge in [-0.3, -0.25) is 19.4 Å². The molecule has 0 unspecified atom stereocenters. The number of carbonyl (C=O) groups excluding carboxylic acids is 1. The molecule has 38 heavy (non-hydrogen) atoms. The molecule has 0 saturated carbocycles. The second kappa shape index (κ2) is 10.8. The molecule has 3 aromatic rings. The van der Waals surface area contributed by atoms with E-state index in [0.717, 1.165) is 16.3 Å². The van der Waals surface area contributed by atoms with Crippen LogP contribution in [0.5, 0.6) is 5.75 Å². The molecule has 0 atom stereocenters. The summed E-state index contributed by atoms with van der Waals surface area (Å²) in [5.74, 6) is 0.123. The fourth-order valence-electron chi connectivity index (χ4n) is 4.82. The molecule has 8 nitrogen and oxygen atoms in total. The van der Waals surface area contributed by atoms with Crippen molar-refractivity contribution in [1.29, 1.82) is 0 Å². The molecule has 0 spiro atoms. The van der Waals surface area contributed by atoms with E-state index in [1.165, 1.54) is 0 Å². The molecule has 2 heterocycles. The van der Waals surface area contributed by atoms with Crippen LogP contribution in [0.15, 0.2) is 54.7 Å². The van der Waals surface area contributed by atoms with Gasteiger partial charge in [-0.2, -0.15) is 0 Å². The van der Waals surface area contributed by atoms with Gasteiger partial charge < -0.3 is 10.0 Å². The van der Waals surface area contributed by atoms with Gasteiger partial charge in [0.05, 0.1) is 10.3 Å². The third-order valence-electron chi connectivity index (χ3n) is 6.96. The Kier molecular flexibility index (Phi) is 7.43. The highest BCUT2D eigenvalue weighted by Gasteiger charge is 2.24. The van der Waals surface area contributed by atoms with Crippen molar-refractivity contribution in [2.45, 2.75) is 26.3 Å². The monoisotopic (exact) mass is 552 g/mol. The maximum absolute atomic E-state index is 13.1. The number of fused-ring (bicyclic) bond motifs is 1. The first-order valence-corrected chi connectivity index (χ1v) is 14.3. The lowest BCUT2D eigenvalue weighted by Gasteiger charge is -2.35. The Morgan fingerprint density at radius 1 is 1.11 bits per heavy atom. The van der Waals surface area contributed by atoms with Gasteiger partial charge in [-0.15, -0.1) is 0 Å². The minimum atomic E-state index is -3.79. The molecule has 1 aliphatic heterocycles. The van der Waals surface area contributed by atoms with E-state index in [-0.39, 0.29) is 16.6 Å². The van der Waals surface area contributed by atoms with Crippen molar-refractivity contribution in [1.82, 2.24) is 14.8 Å². The predicted octanol–water partition coefficient (Wildman–Crippen LogP) is 2.83. The maximum Gasteiger partial charge on any atom is 0.260 e. The van der Waals surface area contributed by atoms with Gasteiger partial charge in [0.1, 0.15) is 5.75 Å². The number of aromatic nitrogens is 1. The van der Waals surface area contributed by atoms with Crippen LogP contribution in [-0.2, 0) is 16.6 Å². The summed E-state index contributed by atoms with van der Waals surface area (Å²) in [5.41, 5.74) is 2.48. The van der Waals surface area contributed by atoms with Gasteiger partial charge in [-0.1, -0.05) is 23.7 Å². The van der Waals surface area contributed by atoms with Crippen LogP contribution >= 0.6 is 11.6 Å². The highest BCUT2D eigenvalue weighted by Crippen LogP contribution is 2.27. The lowest BCUT2D eigenvalue weighted by molar-refractivity contribution is 0.0627. The predicted molar refractivity (Wildman–Crippen MR) is 149 cm³/mol. The topological polar surface area (TPSA) is 103 Å². The number of aryl methyl sites for hydroxylation is 1. The fourth-order valence-corrected chi connectivity index (χ4v) is 6.39. The average molecular weight is 553 g/mol. The molecule has 198 valence electrons. The Hall–Kier alpha value is -3.40. The van der Waals surface area contributed by atoms with E-state index in [4.69, 9.17) is 11.6 Å². The Balaban J connectivity index is 1.21. The fraction of sp³-hybridized carbons (Fsp3) is 0.286. The maximum atomic E-state index is 13.1. The van der Waals surface area contributed by atoms with Crippen LogP contribution in [0.25, 0.3) is 11.0 Å². The number of phenols is 1. The third-order valence-corrected chi connectivity index (χ3v) is 8.92. The lowest BCUT2D eigenvalue weighted by Crippen LogP contribution is -2.48. The number of benzene rings is 2. The van der Waals surface area contributed by atoms with Gasteiger partial charge in [0, 0.05) is 60.8 Å². The number of amides is 1. The highest BCUT2D eigenvalue weighted by molar-refractivity contribution is 8.01. The Morgan fingerprint density at radius 3 is 2.58 bits per heavy atom. The number of rotatable bonds is 6. The summed E-state index contributed by atoms with van der Waals surface area (Å²) in [4.78, 5) is 21.6. The summed E-state index contributed by atoms with van der Waals surface area (Å²) in [7, 11) is -3.79. The lowest BCUT2D eigenvalue weighted by atomic mass is 10.1. The molecule has 5 rings (SSSR count). The van der Waals surface area contributed by atoms with Gasteiger partial charge in [-0.05, 0) is 73.0 Å². The van der Waals surface area contributed by atoms with Gasteiger partial charge >= 0.3 is 0 Å². The molecular formula is C28H29ClN4O4S. The number of aromatic hydroxyl groups is 1. The molecule has 1 amide bonds. The SMILES string of the molecule is Cc1cc(O)c(CN2CCN(C(=O)c3ccc(NS(=O)(=O)C4=c5ncccc5=CCC4)cc3)CC2)cc1Cl. The summed E-state index contributed by atoms with van der Waals surface area (Å²) in [6.45, 7) is 4.84. The van der Waals surface area contributed by atoms with Crippen LogP contribution in [0.1, 0.15) is 34.3 Å². The molecular weight excluding hydrogens is 524 g/mol. The normalized spacial score (nSPS) is 16.1. The quantitative estimate of drug-likeness (QED) is 0.487. The van der Waals surface area contributed by atoms with E-state index < -0.39 is 10.0 Å². The van der Waals surface area contributed by atoms with Crippen LogP contribution in [0.4, 0.5) is 5.69 Å². The molecule has 2 N–H and O–H groups in total. The van der Waals surface area contributed by atoms with Crippen LogP contribution in [0.3, 0.4) is 0 Å². The third kappa shape index (κ3) is 5.55. The summed E-state index contributed by atoms with van der Waals surface area (Å²) >= 11 is 6.22. The first-order valence-electron chi connectivity index (χ1n) is 12.5. The second-order valence-electron chi connectivity index (χ2n) is 9.59. The first kappa shape index (κ1) is 26.2. The molecule has 1 fully saturated rings. The summed E-state index contributed by atoms with van der Waals surface area (Å²) in [6, 6.07) is 13.6. The van der Waals surface area contributed by atoms with Crippen LogP contribution in [0, 0.1) is 6.92 Å². The van der Waals surface area contributed by atoms with Crippen molar-refractivity contribution in [2.24, 2.45) is 0 Å². The number of halogens is 1. The number of phenolic OH excluding ortho intramolecular Hbond substituents is 1. The van der Waals surface area contributed by atoms with E-state index >= 15 is 0 Å². The molecule has 10 heteroatoms. The number of nitrogens with one attached hydrogen (secondary N) is 1. The zero-order valence-electron chi connectivity index (χ0n) is 21.0. The highest BCUT2D eigenvalue weighted by atomic mass is 35.5. The van der Waals surface area contributed by atoms with E-state index in [1.54, 1.807) is 53.6 Å². The number of piperazine rings is 1. The molecule has 2 aromatic carbocycles. The summed E-state index contributed by atoms with van der Waals surface area (Å²) in [6.07, 6.45) is 4.60. The van der Waals surface area contributed by atoms with Crippen molar-refractivity contribution in [2.75, 3.05) is 30.9 Å². The number of sulfonamides is 1.